The molecule has 1 unspecified atom stereocenters. The Kier molecular flexibility index (Phi) is 6.33. The minimum atomic E-state index is -0.916. The molecule has 4 nitrogen and oxygen atoms in total. The van der Waals surface area contributed by atoms with E-state index in [2.05, 4.69) is 43.4 Å². The summed E-state index contributed by atoms with van der Waals surface area (Å²) in [6.07, 6.45) is 2.07. The zero-order valence-electron chi connectivity index (χ0n) is 18.8. The van der Waals surface area contributed by atoms with Gasteiger partial charge >= 0.3 is 5.97 Å². The van der Waals surface area contributed by atoms with E-state index in [1.165, 1.54) is 11.1 Å². The monoisotopic (exact) mass is 429 g/mol. The summed E-state index contributed by atoms with van der Waals surface area (Å²) in [5.41, 5.74) is 3.73. The molecule has 1 aliphatic heterocycles. The number of fused-ring (bicyclic) bond motifs is 1. The number of aliphatic hydroxyl groups is 1. The van der Waals surface area contributed by atoms with Gasteiger partial charge in [0, 0.05) is 17.8 Å². The van der Waals surface area contributed by atoms with E-state index < -0.39 is 5.60 Å². The molecular formula is C28H31NO3. The molecule has 0 radical (unpaired) electrons. The van der Waals surface area contributed by atoms with Gasteiger partial charge in [-0.2, -0.15) is 0 Å². The highest BCUT2D eigenvalue weighted by atomic mass is 16.5. The number of hydrogen-bond donors (Lipinski definition) is 2. The Bertz CT molecular complexity index is 1060. The molecule has 4 rings (SSSR count). The molecule has 1 atom stereocenters. The summed E-state index contributed by atoms with van der Waals surface area (Å²) in [4.78, 5) is 11.7. The predicted molar refractivity (Wildman–Crippen MR) is 128 cm³/mol. The fraction of sp³-hybridized carbons (Fsp3) is 0.321. The lowest BCUT2D eigenvalue weighted by Crippen LogP contribution is -2.43. The fourth-order valence-corrected chi connectivity index (χ4v) is 4.58. The highest BCUT2D eigenvalue weighted by Crippen LogP contribution is 2.35. The Morgan fingerprint density at radius 3 is 2.38 bits per heavy atom. The van der Waals surface area contributed by atoms with Crippen LogP contribution < -0.4 is 5.32 Å². The van der Waals surface area contributed by atoms with E-state index in [4.69, 9.17) is 4.74 Å². The van der Waals surface area contributed by atoms with Gasteiger partial charge in [-0.1, -0.05) is 74.5 Å². The van der Waals surface area contributed by atoms with Crippen LogP contribution in [0.4, 0.5) is 5.69 Å². The van der Waals surface area contributed by atoms with Crippen LogP contribution in [0.25, 0.3) is 0 Å². The highest BCUT2D eigenvalue weighted by Gasteiger charge is 2.35. The molecule has 0 saturated heterocycles. The van der Waals surface area contributed by atoms with E-state index in [1.54, 1.807) is 6.07 Å². The second-order valence-electron chi connectivity index (χ2n) is 9.44. The molecule has 1 aliphatic rings. The van der Waals surface area contributed by atoms with Crippen molar-refractivity contribution < 1.29 is 14.6 Å². The van der Waals surface area contributed by atoms with Gasteiger partial charge in [0.1, 0.15) is 6.61 Å². The van der Waals surface area contributed by atoms with Gasteiger partial charge in [-0.3, -0.25) is 0 Å². The first-order valence-corrected chi connectivity index (χ1v) is 11.2. The van der Waals surface area contributed by atoms with Crippen molar-refractivity contribution in [1.82, 2.24) is 0 Å². The summed E-state index contributed by atoms with van der Waals surface area (Å²) in [6.45, 7) is 5.11. The molecule has 1 heterocycles. The topological polar surface area (TPSA) is 58.6 Å². The van der Waals surface area contributed by atoms with Crippen molar-refractivity contribution in [2.45, 2.75) is 50.7 Å². The van der Waals surface area contributed by atoms with Gasteiger partial charge in [0.25, 0.3) is 0 Å². The fourth-order valence-electron chi connectivity index (χ4n) is 4.58. The molecule has 0 bridgehead atoms. The maximum absolute atomic E-state index is 11.8. The Labute approximate surface area is 190 Å². The number of carbonyl (C=O) groups excluding carboxylic acids is 1. The first-order valence-electron chi connectivity index (χ1n) is 11.2. The van der Waals surface area contributed by atoms with E-state index in [1.807, 2.05) is 48.5 Å². The first-order chi connectivity index (χ1) is 15.3. The van der Waals surface area contributed by atoms with E-state index >= 15 is 0 Å². The normalized spacial score (nSPS) is 15.0. The van der Waals surface area contributed by atoms with E-state index in [-0.39, 0.29) is 11.4 Å². The summed E-state index contributed by atoms with van der Waals surface area (Å²) in [6, 6.07) is 26.3. The Morgan fingerprint density at radius 2 is 1.66 bits per heavy atom. The third kappa shape index (κ3) is 5.20. The SMILES string of the molecule is CC(C)(CC(O)(CCc1ccccc1)CNc1ccc2c(c1)COC2=O)c1ccccc1. The maximum atomic E-state index is 11.8. The van der Waals surface area contributed by atoms with E-state index in [9.17, 15) is 9.90 Å². The number of hydrogen-bond acceptors (Lipinski definition) is 4. The van der Waals surface area contributed by atoms with Crippen molar-refractivity contribution in [1.29, 1.82) is 0 Å². The van der Waals surface area contributed by atoms with Crippen LogP contribution >= 0.6 is 0 Å². The van der Waals surface area contributed by atoms with Crippen LogP contribution in [-0.4, -0.2) is 23.2 Å². The van der Waals surface area contributed by atoms with Gasteiger partial charge < -0.3 is 15.2 Å². The largest absolute Gasteiger partial charge is 0.457 e. The van der Waals surface area contributed by atoms with Crippen molar-refractivity contribution in [3.8, 4) is 0 Å². The van der Waals surface area contributed by atoms with Crippen LogP contribution in [0.2, 0.25) is 0 Å². The summed E-state index contributed by atoms with van der Waals surface area (Å²) >= 11 is 0. The molecule has 0 aliphatic carbocycles. The minimum absolute atomic E-state index is 0.188. The van der Waals surface area contributed by atoms with E-state index in [0.29, 0.717) is 31.6 Å². The number of cyclic esters (lactones) is 1. The second kappa shape index (κ2) is 9.17. The van der Waals surface area contributed by atoms with Crippen molar-refractivity contribution >= 4 is 11.7 Å². The van der Waals surface area contributed by atoms with Gasteiger partial charge in [-0.25, -0.2) is 4.79 Å². The number of benzene rings is 3. The summed E-state index contributed by atoms with van der Waals surface area (Å²) in [5, 5.41) is 15.2. The molecular weight excluding hydrogens is 398 g/mol. The number of ether oxygens (including phenoxy) is 1. The smallest absolute Gasteiger partial charge is 0.338 e. The van der Waals surface area contributed by atoms with Crippen LogP contribution in [-0.2, 0) is 23.2 Å². The molecule has 3 aromatic rings. The lowest BCUT2D eigenvalue weighted by Gasteiger charge is -2.37. The Balaban J connectivity index is 1.52. The molecule has 4 heteroatoms. The van der Waals surface area contributed by atoms with Crippen molar-refractivity contribution in [2.75, 3.05) is 11.9 Å². The summed E-state index contributed by atoms with van der Waals surface area (Å²) < 4.78 is 5.11. The zero-order chi connectivity index (χ0) is 22.6. The Hall–Kier alpha value is -3.11. The molecule has 32 heavy (non-hydrogen) atoms. The van der Waals surface area contributed by atoms with Gasteiger partial charge in [0.2, 0.25) is 0 Å². The first kappa shape index (κ1) is 22.1. The molecule has 0 aromatic heterocycles. The van der Waals surface area contributed by atoms with E-state index in [0.717, 1.165) is 17.7 Å². The average Bonchev–Trinajstić information content (AvgIpc) is 3.18. The van der Waals surface area contributed by atoms with Gasteiger partial charge in [-0.15, -0.1) is 0 Å². The quantitative estimate of drug-likeness (QED) is 0.441. The minimum Gasteiger partial charge on any atom is -0.457 e. The van der Waals surface area contributed by atoms with Gasteiger partial charge in [-0.05, 0) is 54.0 Å². The van der Waals surface area contributed by atoms with Crippen LogP contribution in [0, 0.1) is 0 Å². The van der Waals surface area contributed by atoms with Gasteiger partial charge in [0.15, 0.2) is 0 Å². The standard InChI is InChI=1S/C28H31NO3/c1-27(2,23-11-7-4-8-12-23)19-28(31,16-15-21-9-5-3-6-10-21)20-29-24-13-14-25-22(17-24)18-32-26(25)30/h3-14,17,29,31H,15-16,18-20H2,1-2H3. The Morgan fingerprint density at radius 1 is 0.969 bits per heavy atom. The van der Waals surface area contributed by atoms with Crippen molar-refractivity contribution in [2.24, 2.45) is 0 Å². The lowest BCUT2D eigenvalue weighted by molar-refractivity contribution is 0.0175. The average molecular weight is 430 g/mol. The van der Waals surface area contributed by atoms with Crippen molar-refractivity contribution in [3.63, 3.8) is 0 Å². The molecule has 0 saturated carbocycles. The molecule has 3 aromatic carbocycles. The third-order valence-electron chi connectivity index (χ3n) is 6.35. The lowest BCUT2D eigenvalue weighted by atomic mass is 9.73. The zero-order valence-corrected chi connectivity index (χ0v) is 18.8. The molecule has 0 fully saturated rings. The highest BCUT2D eigenvalue weighted by molar-refractivity contribution is 5.93. The summed E-state index contributed by atoms with van der Waals surface area (Å²) in [7, 11) is 0. The maximum Gasteiger partial charge on any atom is 0.338 e. The third-order valence-corrected chi connectivity index (χ3v) is 6.35. The summed E-state index contributed by atoms with van der Waals surface area (Å²) in [5.74, 6) is -0.268. The van der Waals surface area contributed by atoms with Gasteiger partial charge in [0.05, 0.1) is 11.2 Å². The molecule has 166 valence electrons. The molecule has 0 spiro atoms. The number of anilines is 1. The van der Waals surface area contributed by atoms with Crippen LogP contribution in [0.15, 0.2) is 78.9 Å². The molecule has 2 N–H and O–H groups in total. The van der Waals surface area contributed by atoms with Crippen LogP contribution in [0.3, 0.4) is 0 Å². The molecule has 0 amide bonds. The predicted octanol–water partition coefficient (Wildman–Crippen LogP) is 5.50. The number of carbonyl (C=O) groups is 1. The number of esters is 1. The van der Waals surface area contributed by atoms with Crippen molar-refractivity contribution in [3.05, 3.63) is 101 Å². The number of aryl methyl sites for hydroxylation is 1. The number of nitrogens with one attached hydrogen (secondary N) is 1. The second-order valence-corrected chi connectivity index (χ2v) is 9.44. The van der Waals surface area contributed by atoms with Crippen LogP contribution in [0.5, 0.6) is 0 Å². The van der Waals surface area contributed by atoms with Crippen LogP contribution in [0.1, 0.15) is 53.7 Å². The number of rotatable bonds is 9.